The van der Waals surface area contributed by atoms with Crippen LogP contribution >= 0.6 is 12.2 Å². The Morgan fingerprint density at radius 3 is 2.74 bits per heavy atom. The zero-order valence-corrected chi connectivity index (χ0v) is 15.8. The predicted octanol–water partition coefficient (Wildman–Crippen LogP) is 3.60. The van der Waals surface area contributed by atoms with Crippen molar-refractivity contribution >= 4 is 29.3 Å². The Bertz CT molecular complexity index is 946. The van der Waals surface area contributed by atoms with Crippen LogP contribution in [0.15, 0.2) is 54.2 Å². The van der Waals surface area contributed by atoms with Gasteiger partial charge >= 0.3 is 0 Å². The quantitative estimate of drug-likeness (QED) is 0.615. The summed E-state index contributed by atoms with van der Waals surface area (Å²) in [7, 11) is 0. The monoisotopic (exact) mass is 377 g/mol. The molecule has 2 aromatic rings. The molecule has 0 radical (unpaired) electrons. The summed E-state index contributed by atoms with van der Waals surface area (Å²) in [6.07, 6.45) is 2.58. The second kappa shape index (κ2) is 8.47. The van der Waals surface area contributed by atoms with Gasteiger partial charge in [-0.1, -0.05) is 43.3 Å². The van der Waals surface area contributed by atoms with Gasteiger partial charge in [0.1, 0.15) is 18.1 Å². The van der Waals surface area contributed by atoms with Crippen molar-refractivity contribution in [1.82, 2.24) is 10.2 Å². The van der Waals surface area contributed by atoms with Crippen LogP contribution in [0.3, 0.4) is 0 Å². The van der Waals surface area contributed by atoms with E-state index < -0.39 is 0 Å². The summed E-state index contributed by atoms with van der Waals surface area (Å²) in [6, 6.07) is 16.9. The number of ether oxygens (including phenoxy) is 1. The summed E-state index contributed by atoms with van der Waals surface area (Å²) in [4.78, 5) is 14.1. The molecule has 0 aromatic heterocycles. The second-order valence-electron chi connectivity index (χ2n) is 6.04. The minimum atomic E-state index is -0.133. The first-order valence-electron chi connectivity index (χ1n) is 8.68. The van der Waals surface area contributed by atoms with Gasteiger partial charge in [0.05, 0.1) is 11.6 Å². The van der Waals surface area contributed by atoms with E-state index in [1.54, 1.807) is 17.0 Å². The number of thiocarbonyl (C=S) groups is 1. The smallest absolute Gasteiger partial charge is 0.276 e. The lowest BCUT2D eigenvalue weighted by atomic mass is 10.1. The van der Waals surface area contributed by atoms with E-state index in [0.717, 1.165) is 17.5 Å². The Labute approximate surface area is 163 Å². The minimum Gasteiger partial charge on any atom is -0.488 e. The first kappa shape index (κ1) is 18.6. The van der Waals surface area contributed by atoms with Gasteiger partial charge < -0.3 is 10.1 Å². The zero-order chi connectivity index (χ0) is 19.2. The molecule has 1 aliphatic heterocycles. The van der Waals surface area contributed by atoms with Gasteiger partial charge in [-0.15, -0.1) is 0 Å². The number of rotatable bonds is 6. The third-order valence-electron chi connectivity index (χ3n) is 4.15. The number of para-hydroxylation sites is 1. The van der Waals surface area contributed by atoms with Crippen LogP contribution in [-0.2, 0) is 11.4 Å². The van der Waals surface area contributed by atoms with Crippen molar-refractivity contribution in [3.8, 4) is 11.8 Å². The molecule has 1 amide bonds. The van der Waals surface area contributed by atoms with Gasteiger partial charge in [0.2, 0.25) is 0 Å². The van der Waals surface area contributed by atoms with Crippen LogP contribution in [0.4, 0.5) is 0 Å². The van der Waals surface area contributed by atoms with E-state index in [2.05, 4.69) is 11.4 Å². The molecule has 1 heterocycles. The van der Waals surface area contributed by atoms with E-state index in [1.165, 1.54) is 0 Å². The number of nitrogens with zero attached hydrogens (tertiary/aromatic N) is 2. The highest BCUT2D eigenvalue weighted by Crippen LogP contribution is 2.24. The first-order valence-corrected chi connectivity index (χ1v) is 9.09. The number of hydrogen-bond donors (Lipinski definition) is 1. The fraction of sp³-hybridized carbons (Fsp3) is 0.190. The number of hydrogen-bond acceptors (Lipinski definition) is 4. The summed E-state index contributed by atoms with van der Waals surface area (Å²) in [5.74, 6) is 0.499. The molecule has 1 N–H and O–H groups in total. The van der Waals surface area contributed by atoms with Gasteiger partial charge in [-0.05, 0) is 36.8 Å². The molecule has 1 fully saturated rings. The Kier molecular flexibility index (Phi) is 5.84. The van der Waals surface area contributed by atoms with Crippen molar-refractivity contribution in [2.24, 2.45) is 0 Å². The number of nitrogens with one attached hydrogen (secondary N) is 1. The van der Waals surface area contributed by atoms with Gasteiger partial charge in [-0.3, -0.25) is 9.69 Å². The summed E-state index contributed by atoms with van der Waals surface area (Å²) in [5, 5.41) is 12.6. The van der Waals surface area contributed by atoms with Gasteiger partial charge in [0.15, 0.2) is 5.11 Å². The molecule has 27 heavy (non-hydrogen) atoms. The molecule has 6 heteroatoms. The highest BCUT2D eigenvalue weighted by molar-refractivity contribution is 7.80. The molecular formula is C21H19N3O2S. The van der Waals surface area contributed by atoms with Crippen LogP contribution in [0.2, 0.25) is 0 Å². The number of carbonyl (C=O) groups excluding carboxylic acids is 1. The molecule has 2 aromatic carbocycles. The molecule has 0 spiro atoms. The topological polar surface area (TPSA) is 65.4 Å². The van der Waals surface area contributed by atoms with Gasteiger partial charge in [0, 0.05) is 17.7 Å². The van der Waals surface area contributed by atoms with Crippen LogP contribution in [0.5, 0.6) is 5.75 Å². The normalized spacial score (nSPS) is 15.0. The van der Waals surface area contributed by atoms with E-state index in [0.29, 0.717) is 28.7 Å². The maximum absolute atomic E-state index is 12.5. The fourth-order valence-corrected chi connectivity index (χ4v) is 3.08. The van der Waals surface area contributed by atoms with E-state index in [4.69, 9.17) is 17.0 Å². The SMILES string of the molecule is CCCN1C(=O)/C(=C/c2ccccc2OCc2ccccc2C#N)NC1=S. The fourth-order valence-electron chi connectivity index (χ4n) is 2.80. The van der Waals surface area contributed by atoms with Crippen LogP contribution in [0, 0.1) is 11.3 Å². The van der Waals surface area contributed by atoms with E-state index in [9.17, 15) is 10.1 Å². The number of nitriles is 1. The maximum atomic E-state index is 12.5. The average Bonchev–Trinajstić information content (AvgIpc) is 2.95. The molecule has 1 aliphatic rings. The molecule has 0 saturated carbocycles. The van der Waals surface area contributed by atoms with Crippen molar-refractivity contribution in [3.05, 3.63) is 70.9 Å². The third-order valence-corrected chi connectivity index (χ3v) is 4.47. The van der Waals surface area contributed by atoms with Crippen molar-refractivity contribution in [2.45, 2.75) is 20.0 Å². The molecule has 0 aliphatic carbocycles. The summed E-state index contributed by atoms with van der Waals surface area (Å²) < 4.78 is 5.93. The third kappa shape index (κ3) is 4.15. The Hall–Kier alpha value is -3.17. The molecule has 1 saturated heterocycles. The summed E-state index contributed by atoms with van der Waals surface area (Å²) >= 11 is 5.24. The second-order valence-corrected chi connectivity index (χ2v) is 6.43. The first-order chi connectivity index (χ1) is 13.1. The highest BCUT2D eigenvalue weighted by atomic mass is 32.1. The van der Waals surface area contributed by atoms with Crippen LogP contribution < -0.4 is 10.1 Å². The molecule has 0 atom stereocenters. The largest absolute Gasteiger partial charge is 0.488 e. The molecule has 0 bridgehead atoms. The molecule has 3 rings (SSSR count). The standard InChI is InChI=1S/C21H19N3O2S/c1-2-11-24-20(25)18(23-21(24)27)12-15-7-5-6-10-19(15)26-14-17-9-4-3-8-16(17)13-22/h3-10,12H,2,11,14H2,1H3,(H,23,27)/b18-12-. The minimum absolute atomic E-state index is 0.133. The lowest BCUT2D eigenvalue weighted by Crippen LogP contribution is -2.31. The van der Waals surface area contributed by atoms with Gasteiger partial charge in [-0.25, -0.2) is 0 Å². The molecule has 136 valence electrons. The Morgan fingerprint density at radius 1 is 1.22 bits per heavy atom. The molecule has 5 nitrogen and oxygen atoms in total. The van der Waals surface area contributed by atoms with Gasteiger partial charge in [0.25, 0.3) is 5.91 Å². The molecule has 0 unspecified atom stereocenters. The lowest BCUT2D eigenvalue weighted by Gasteiger charge is -2.11. The zero-order valence-electron chi connectivity index (χ0n) is 14.9. The Balaban J connectivity index is 1.82. The Morgan fingerprint density at radius 2 is 1.96 bits per heavy atom. The van der Waals surface area contributed by atoms with E-state index in [-0.39, 0.29) is 12.5 Å². The summed E-state index contributed by atoms with van der Waals surface area (Å²) in [5.41, 5.74) is 2.60. The van der Waals surface area contributed by atoms with Crippen LogP contribution in [-0.4, -0.2) is 22.5 Å². The predicted molar refractivity (Wildman–Crippen MR) is 108 cm³/mol. The number of benzene rings is 2. The number of carbonyl (C=O) groups is 1. The van der Waals surface area contributed by atoms with Crippen molar-refractivity contribution in [1.29, 1.82) is 5.26 Å². The highest BCUT2D eigenvalue weighted by Gasteiger charge is 2.29. The van der Waals surface area contributed by atoms with Crippen molar-refractivity contribution < 1.29 is 9.53 Å². The van der Waals surface area contributed by atoms with Gasteiger partial charge in [-0.2, -0.15) is 5.26 Å². The van der Waals surface area contributed by atoms with Crippen LogP contribution in [0.1, 0.15) is 30.0 Å². The number of amides is 1. The van der Waals surface area contributed by atoms with Crippen molar-refractivity contribution in [2.75, 3.05) is 6.54 Å². The average molecular weight is 377 g/mol. The lowest BCUT2D eigenvalue weighted by molar-refractivity contribution is -0.122. The summed E-state index contributed by atoms with van der Waals surface area (Å²) in [6.45, 7) is 2.86. The van der Waals surface area contributed by atoms with Crippen molar-refractivity contribution in [3.63, 3.8) is 0 Å². The van der Waals surface area contributed by atoms with Crippen LogP contribution in [0.25, 0.3) is 6.08 Å². The van der Waals surface area contributed by atoms with E-state index in [1.807, 2.05) is 49.4 Å². The van der Waals surface area contributed by atoms with E-state index >= 15 is 0 Å². The molecular weight excluding hydrogens is 358 g/mol. The maximum Gasteiger partial charge on any atom is 0.276 e.